The number of carbonyl (C=O) groups is 1. The molecule has 4 heterocycles. The molecule has 1 saturated heterocycles. The lowest BCUT2D eigenvalue weighted by atomic mass is 10.2. The van der Waals surface area contributed by atoms with Gasteiger partial charge in [0.15, 0.2) is 5.82 Å². The fourth-order valence-electron chi connectivity index (χ4n) is 3.55. The zero-order chi connectivity index (χ0) is 19.3. The van der Waals surface area contributed by atoms with Crippen LogP contribution in [0, 0.1) is 0 Å². The number of hydrogen-bond donors (Lipinski definition) is 1. The highest BCUT2D eigenvalue weighted by molar-refractivity contribution is 5.95. The second kappa shape index (κ2) is 8.21. The molecule has 4 rings (SSSR count). The van der Waals surface area contributed by atoms with Gasteiger partial charge in [0.1, 0.15) is 5.82 Å². The summed E-state index contributed by atoms with van der Waals surface area (Å²) in [5.74, 6) is 1.57. The van der Waals surface area contributed by atoms with Crippen LogP contribution in [0.15, 0.2) is 48.9 Å². The Labute approximate surface area is 164 Å². The minimum Gasteiger partial charge on any atom is -0.357 e. The topological polar surface area (TPSA) is 75.9 Å². The molecule has 7 heteroatoms. The summed E-state index contributed by atoms with van der Waals surface area (Å²) < 4.78 is 1.73. The average molecular weight is 376 g/mol. The smallest absolute Gasteiger partial charge is 0.255 e. The van der Waals surface area contributed by atoms with Gasteiger partial charge >= 0.3 is 0 Å². The number of carbonyl (C=O) groups excluding carboxylic acids is 1. The summed E-state index contributed by atoms with van der Waals surface area (Å²) in [6, 6.07) is 9.65. The Morgan fingerprint density at radius 2 is 1.93 bits per heavy atom. The molecule has 28 heavy (non-hydrogen) atoms. The molecule has 1 N–H and O–H groups in total. The van der Waals surface area contributed by atoms with Crippen molar-refractivity contribution in [2.24, 2.45) is 0 Å². The molecule has 0 unspecified atom stereocenters. The van der Waals surface area contributed by atoms with Crippen LogP contribution in [0.5, 0.6) is 0 Å². The van der Waals surface area contributed by atoms with E-state index in [-0.39, 0.29) is 5.91 Å². The molecule has 0 aromatic carbocycles. The van der Waals surface area contributed by atoms with Gasteiger partial charge in [-0.15, -0.1) is 0 Å². The molecule has 0 radical (unpaired) electrons. The second-order valence-electron chi connectivity index (χ2n) is 6.86. The van der Waals surface area contributed by atoms with Gasteiger partial charge in [0.25, 0.3) is 5.91 Å². The third kappa shape index (κ3) is 3.74. The molecule has 0 saturated carbocycles. The molecule has 0 aliphatic carbocycles. The number of amides is 1. The number of pyridine rings is 2. The Morgan fingerprint density at radius 3 is 2.68 bits per heavy atom. The van der Waals surface area contributed by atoms with E-state index in [1.165, 1.54) is 12.8 Å². The summed E-state index contributed by atoms with van der Waals surface area (Å²) in [7, 11) is 0. The maximum absolute atomic E-state index is 12.8. The van der Waals surface area contributed by atoms with Gasteiger partial charge in [0.2, 0.25) is 0 Å². The molecular weight excluding hydrogens is 352 g/mol. The summed E-state index contributed by atoms with van der Waals surface area (Å²) in [5, 5.41) is 7.39. The normalized spacial score (nSPS) is 13.7. The standard InChI is InChI=1S/C21H24N6O/c1-2-18-17(15-25-27(18)19-7-3-4-9-22-19)21(28)24-14-16-8-10-23-20(13-16)26-11-5-6-12-26/h3-4,7-10,13,15H,2,5-6,11-12,14H2,1H3,(H,24,28). The predicted molar refractivity (Wildman–Crippen MR) is 108 cm³/mol. The van der Waals surface area contributed by atoms with Gasteiger partial charge in [-0.2, -0.15) is 5.10 Å². The summed E-state index contributed by atoms with van der Waals surface area (Å²) in [6.45, 7) is 4.57. The number of nitrogens with zero attached hydrogens (tertiary/aromatic N) is 5. The molecule has 3 aromatic rings. The van der Waals surface area contributed by atoms with Crippen molar-refractivity contribution in [3.8, 4) is 5.82 Å². The van der Waals surface area contributed by atoms with Crippen molar-refractivity contribution in [3.05, 3.63) is 65.7 Å². The third-order valence-corrected chi connectivity index (χ3v) is 5.01. The largest absolute Gasteiger partial charge is 0.357 e. The summed E-state index contributed by atoms with van der Waals surface area (Å²) in [4.78, 5) is 23.9. The SMILES string of the molecule is CCc1c(C(=O)NCc2ccnc(N3CCCC3)c2)cnn1-c1ccccn1. The monoisotopic (exact) mass is 376 g/mol. The van der Waals surface area contributed by atoms with E-state index in [0.717, 1.165) is 30.2 Å². The van der Waals surface area contributed by atoms with Crippen LogP contribution in [0.2, 0.25) is 0 Å². The first-order valence-corrected chi connectivity index (χ1v) is 9.72. The van der Waals surface area contributed by atoms with E-state index in [4.69, 9.17) is 0 Å². The Kier molecular flexibility index (Phi) is 5.32. The molecule has 144 valence electrons. The first kappa shape index (κ1) is 18.2. The van der Waals surface area contributed by atoms with Crippen LogP contribution in [0.1, 0.15) is 41.4 Å². The summed E-state index contributed by atoms with van der Waals surface area (Å²) in [5.41, 5.74) is 2.48. The van der Waals surface area contributed by atoms with E-state index in [1.807, 2.05) is 37.4 Å². The number of aromatic nitrogens is 4. The van der Waals surface area contributed by atoms with E-state index >= 15 is 0 Å². The van der Waals surface area contributed by atoms with Gasteiger partial charge in [-0.25, -0.2) is 14.6 Å². The Bertz CT molecular complexity index is 947. The minimum absolute atomic E-state index is 0.126. The number of hydrogen-bond acceptors (Lipinski definition) is 5. The van der Waals surface area contributed by atoms with Gasteiger partial charge in [-0.1, -0.05) is 13.0 Å². The summed E-state index contributed by atoms with van der Waals surface area (Å²) >= 11 is 0. The molecule has 1 aliphatic rings. The lowest BCUT2D eigenvalue weighted by Gasteiger charge is -2.17. The van der Waals surface area contributed by atoms with Crippen molar-refractivity contribution in [2.75, 3.05) is 18.0 Å². The van der Waals surface area contributed by atoms with Gasteiger partial charge in [0.05, 0.1) is 17.5 Å². The van der Waals surface area contributed by atoms with Crippen LogP contribution >= 0.6 is 0 Å². The van der Waals surface area contributed by atoms with Gasteiger partial charge in [-0.05, 0) is 49.1 Å². The van der Waals surface area contributed by atoms with Gasteiger partial charge in [0, 0.05) is 32.0 Å². The molecular formula is C21H24N6O. The average Bonchev–Trinajstić information content (AvgIpc) is 3.42. The fourth-order valence-corrected chi connectivity index (χ4v) is 3.55. The van der Waals surface area contributed by atoms with E-state index in [1.54, 1.807) is 17.1 Å². The van der Waals surface area contributed by atoms with Crippen LogP contribution in [-0.2, 0) is 13.0 Å². The van der Waals surface area contributed by atoms with Crippen LogP contribution in [0.3, 0.4) is 0 Å². The Hall–Kier alpha value is -3.22. The lowest BCUT2D eigenvalue weighted by Crippen LogP contribution is -2.24. The lowest BCUT2D eigenvalue weighted by molar-refractivity contribution is 0.0950. The molecule has 1 amide bonds. The van der Waals surface area contributed by atoms with Crippen LogP contribution in [0.25, 0.3) is 5.82 Å². The zero-order valence-corrected chi connectivity index (χ0v) is 16.0. The Morgan fingerprint density at radius 1 is 1.11 bits per heavy atom. The maximum Gasteiger partial charge on any atom is 0.255 e. The minimum atomic E-state index is -0.126. The van der Waals surface area contributed by atoms with Crippen molar-refractivity contribution in [3.63, 3.8) is 0 Å². The van der Waals surface area contributed by atoms with E-state index in [0.29, 0.717) is 24.3 Å². The fraction of sp³-hybridized carbons (Fsp3) is 0.333. The predicted octanol–water partition coefficient (Wildman–Crippen LogP) is 2.75. The zero-order valence-electron chi connectivity index (χ0n) is 16.0. The van der Waals surface area contributed by atoms with Gasteiger partial charge < -0.3 is 10.2 Å². The highest BCUT2D eigenvalue weighted by atomic mass is 16.1. The van der Waals surface area contributed by atoms with Crippen LogP contribution < -0.4 is 10.2 Å². The van der Waals surface area contributed by atoms with Crippen LogP contribution in [0.4, 0.5) is 5.82 Å². The molecule has 7 nitrogen and oxygen atoms in total. The summed E-state index contributed by atoms with van der Waals surface area (Å²) in [6.07, 6.45) is 8.26. The highest BCUT2D eigenvalue weighted by Gasteiger charge is 2.18. The molecule has 0 spiro atoms. The second-order valence-corrected chi connectivity index (χ2v) is 6.86. The molecule has 0 atom stereocenters. The van der Waals surface area contributed by atoms with Crippen LogP contribution in [-0.4, -0.2) is 38.7 Å². The molecule has 3 aromatic heterocycles. The van der Waals surface area contributed by atoms with Crippen molar-refractivity contribution in [2.45, 2.75) is 32.7 Å². The van der Waals surface area contributed by atoms with Gasteiger partial charge in [-0.3, -0.25) is 4.79 Å². The first-order chi connectivity index (χ1) is 13.8. The molecule has 1 aliphatic heterocycles. The maximum atomic E-state index is 12.8. The van der Waals surface area contributed by atoms with E-state index < -0.39 is 0 Å². The molecule has 1 fully saturated rings. The van der Waals surface area contributed by atoms with Crippen molar-refractivity contribution < 1.29 is 4.79 Å². The van der Waals surface area contributed by atoms with Crippen molar-refractivity contribution >= 4 is 11.7 Å². The van der Waals surface area contributed by atoms with Crippen molar-refractivity contribution in [1.29, 1.82) is 0 Å². The Balaban J connectivity index is 1.47. The number of anilines is 1. The van der Waals surface area contributed by atoms with E-state index in [2.05, 4.69) is 31.3 Å². The third-order valence-electron chi connectivity index (χ3n) is 5.01. The quantitative estimate of drug-likeness (QED) is 0.716. The molecule has 0 bridgehead atoms. The van der Waals surface area contributed by atoms with E-state index in [9.17, 15) is 4.79 Å². The number of nitrogens with one attached hydrogen (secondary N) is 1. The highest BCUT2D eigenvalue weighted by Crippen LogP contribution is 2.19. The van der Waals surface area contributed by atoms with Crippen molar-refractivity contribution in [1.82, 2.24) is 25.1 Å². The first-order valence-electron chi connectivity index (χ1n) is 9.72. The number of rotatable bonds is 6.